The van der Waals surface area contributed by atoms with Crippen LogP contribution in [-0.4, -0.2) is 41.6 Å². The van der Waals surface area contributed by atoms with Gasteiger partial charge in [-0.15, -0.1) is 0 Å². The van der Waals surface area contributed by atoms with Crippen LogP contribution in [0, 0.1) is 11.8 Å². The summed E-state index contributed by atoms with van der Waals surface area (Å²) < 4.78 is 0. The molecule has 0 spiro atoms. The lowest BCUT2D eigenvalue weighted by atomic mass is 9.99. The Labute approximate surface area is 116 Å². The van der Waals surface area contributed by atoms with Crippen LogP contribution in [0.2, 0.25) is 0 Å². The SMILES string of the molecule is C[C@@H]1CN(C(=O)NCCc2ccsc2)C[C@H]1C(=O)O. The van der Waals surface area contributed by atoms with E-state index in [-0.39, 0.29) is 11.9 Å². The topological polar surface area (TPSA) is 69.6 Å². The molecule has 1 fully saturated rings. The predicted octanol–water partition coefficient (Wildman–Crippen LogP) is 1.65. The Morgan fingerprint density at radius 2 is 2.32 bits per heavy atom. The number of hydrogen-bond donors (Lipinski definition) is 2. The molecule has 0 saturated carbocycles. The molecule has 2 amide bonds. The lowest BCUT2D eigenvalue weighted by Gasteiger charge is -2.16. The lowest BCUT2D eigenvalue weighted by molar-refractivity contribution is -0.142. The number of carbonyl (C=O) groups excluding carboxylic acids is 1. The van der Waals surface area contributed by atoms with E-state index < -0.39 is 11.9 Å². The molecule has 1 aliphatic rings. The molecule has 6 heteroatoms. The van der Waals surface area contributed by atoms with Crippen LogP contribution in [0.25, 0.3) is 0 Å². The zero-order valence-electron chi connectivity index (χ0n) is 10.8. The van der Waals surface area contributed by atoms with Crippen molar-refractivity contribution in [1.29, 1.82) is 0 Å². The first-order chi connectivity index (χ1) is 9.08. The van der Waals surface area contributed by atoms with Crippen LogP contribution < -0.4 is 5.32 Å². The van der Waals surface area contributed by atoms with Gasteiger partial charge in [0, 0.05) is 19.6 Å². The average Bonchev–Trinajstić information content (AvgIpc) is 2.98. The van der Waals surface area contributed by atoms with Gasteiger partial charge in [-0.25, -0.2) is 4.79 Å². The number of urea groups is 1. The van der Waals surface area contributed by atoms with Gasteiger partial charge in [-0.3, -0.25) is 4.79 Å². The maximum absolute atomic E-state index is 11.9. The number of nitrogens with one attached hydrogen (secondary N) is 1. The van der Waals surface area contributed by atoms with E-state index in [9.17, 15) is 9.59 Å². The number of nitrogens with zero attached hydrogens (tertiary/aromatic N) is 1. The van der Waals surface area contributed by atoms with Crippen LogP contribution in [0.1, 0.15) is 12.5 Å². The smallest absolute Gasteiger partial charge is 0.317 e. The average molecular weight is 282 g/mol. The highest BCUT2D eigenvalue weighted by atomic mass is 32.1. The summed E-state index contributed by atoms with van der Waals surface area (Å²) in [7, 11) is 0. The highest BCUT2D eigenvalue weighted by molar-refractivity contribution is 7.07. The fourth-order valence-electron chi connectivity index (χ4n) is 2.31. The standard InChI is InChI=1S/C13H18N2O3S/c1-9-6-15(7-11(9)12(16)17)13(18)14-4-2-10-3-5-19-8-10/h3,5,8-9,11H,2,4,6-7H2,1H3,(H,14,18)(H,16,17)/t9-,11-/m1/s1. The molecule has 0 aromatic carbocycles. The number of carboxylic acids is 1. The fourth-order valence-corrected chi connectivity index (χ4v) is 3.02. The number of rotatable bonds is 4. The van der Waals surface area contributed by atoms with Gasteiger partial charge in [0.1, 0.15) is 0 Å². The monoisotopic (exact) mass is 282 g/mol. The molecule has 2 rings (SSSR count). The Kier molecular flexibility index (Phi) is 4.42. The highest BCUT2D eigenvalue weighted by Crippen LogP contribution is 2.22. The van der Waals surface area contributed by atoms with Gasteiger partial charge >= 0.3 is 12.0 Å². The molecule has 104 valence electrons. The molecule has 19 heavy (non-hydrogen) atoms. The molecular weight excluding hydrogens is 264 g/mol. The highest BCUT2D eigenvalue weighted by Gasteiger charge is 2.36. The zero-order valence-corrected chi connectivity index (χ0v) is 11.7. The maximum Gasteiger partial charge on any atom is 0.317 e. The summed E-state index contributed by atoms with van der Waals surface area (Å²) in [6, 6.07) is 1.88. The van der Waals surface area contributed by atoms with Crippen LogP contribution in [0.15, 0.2) is 16.8 Å². The summed E-state index contributed by atoms with van der Waals surface area (Å²) >= 11 is 1.64. The van der Waals surface area contributed by atoms with Crippen molar-refractivity contribution in [2.24, 2.45) is 11.8 Å². The molecule has 2 heterocycles. The van der Waals surface area contributed by atoms with Crippen LogP contribution in [-0.2, 0) is 11.2 Å². The summed E-state index contributed by atoms with van der Waals surface area (Å²) in [5.74, 6) is -1.25. The normalized spacial score (nSPS) is 22.5. The third-order valence-corrected chi connectivity index (χ3v) is 4.22. The van der Waals surface area contributed by atoms with Crippen LogP contribution in [0.4, 0.5) is 4.79 Å². The summed E-state index contributed by atoms with van der Waals surface area (Å²) in [5, 5.41) is 15.9. The van der Waals surface area contributed by atoms with Gasteiger partial charge in [-0.1, -0.05) is 6.92 Å². The van der Waals surface area contributed by atoms with Crippen LogP contribution >= 0.6 is 11.3 Å². The van der Waals surface area contributed by atoms with Crippen molar-refractivity contribution in [3.8, 4) is 0 Å². The van der Waals surface area contributed by atoms with Crippen molar-refractivity contribution in [2.45, 2.75) is 13.3 Å². The van der Waals surface area contributed by atoms with E-state index >= 15 is 0 Å². The first-order valence-electron chi connectivity index (χ1n) is 6.34. The predicted molar refractivity (Wildman–Crippen MR) is 73.3 cm³/mol. The number of carbonyl (C=O) groups is 2. The molecule has 5 nitrogen and oxygen atoms in total. The number of amides is 2. The molecule has 2 N–H and O–H groups in total. The van der Waals surface area contributed by atoms with Crippen molar-refractivity contribution >= 4 is 23.3 Å². The lowest BCUT2D eigenvalue weighted by Crippen LogP contribution is -2.39. The number of thiophene rings is 1. The molecular formula is C13H18N2O3S. The summed E-state index contributed by atoms with van der Waals surface area (Å²) in [5.41, 5.74) is 1.21. The first kappa shape index (κ1) is 13.9. The van der Waals surface area contributed by atoms with Crippen LogP contribution in [0.3, 0.4) is 0 Å². The van der Waals surface area contributed by atoms with E-state index in [1.807, 2.05) is 18.4 Å². The summed E-state index contributed by atoms with van der Waals surface area (Å²) in [4.78, 5) is 24.5. The first-order valence-corrected chi connectivity index (χ1v) is 7.29. The van der Waals surface area contributed by atoms with E-state index in [1.54, 1.807) is 16.2 Å². The number of carboxylic acid groups (broad SMARTS) is 1. The molecule has 1 saturated heterocycles. The van der Waals surface area contributed by atoms with E-state index in [0.29, 0.717) is 19.6 Å². The Morgan fingerprint density at radius 1 is 1.53 bits per heavy atom. The second-order valence-electron chi connectivity index (χ2n) is 4.94. The minimum Gasteiger partial charge on any atom is -0.481 e. The Balaban J connectivity index is 1.76. The Morgan fingerprint density at radius 3 is 2.89 bits per heavy atom. The number of hydrogen-bond acceptors (Lipinski definition) is 3. The largest absolute Gasteiger partial charge is 0.481 e. The molecule has 0 bridgehead atoms. The van der Waals surface area contributed by atoms with Gasteiger partial charge in [0.25, 0.3) is 0 Å². The van der Waals surface area contributed by atoms with Gasteiger partial charge in [0.05, 0.1) is 5.92 Å². The zero-order chi connectivity index (χ0) is 13.8. The molecule has 1 aromatic rings. The van der Waals surface area contributed by atoms with E-state index in [1.165, 1.54) is 5.56 Å². The number of aliphatic carboxylic acids is 1. The van der Waals surface area contributed by atoms with Gasteiger partial charge in [-0.05, 0) is 34.7 Å². The van der Waals surface area contributed by atoms with Gasteiger partial charge in [-0.2, -0.15) is 11.3 Å². The van der Waals surface area contributed by atoms with E-state index in [4.69, 9.17) is 5.11 Å². The maximum atomic E-state index is 11.9. The molecule has 2 atom stereocenters. The Bertz CT molecular complexity index is 447. The quantitative estimate of drug-likeness (QED) is 0.882. The summed E-state index contributed by atoms with van der Waals surface area (Å²) in [6.07, 6.45) is 0.807. The fraction of sp³-hybridized carbons (Fsp3) is 0.538. The third kappa shape index (κ3) is 3.47. The second-order valence-corrected chi connectivity index (χ2v) is 5.72. The van der Waals surface area contributed by atoms with Crippen LogP contribution in [0.5, 0.6) is 0 Å². The van der Waals surface area contributed by atoms with Crippen molar-refractivity contribution in [1.82, 2.24) is 10.2 Å². The minimum absolute atomic E-state index is 0.0140. The Hall–Kier alpha value is -1.56. The molecule has 1 aliphatic heterocycles. The van der Waals surface area contributed by atoms with Crippen molar-refractivity contribution in [3.05, 3.63) is 22.4 Å². The van der Waals surface area contributed by atoms with E-state index in [0.717, 1.165) is 6.42 Å². The third-order valence-electron chi connectivity index (χ3n) is 3.49. The van der Waals surface area contributed by atoms with E-state index in [2.05, 4.69) is 10.7 Å². The minimum atomic E-state index is -0.818. The van der Waals surface area contributed by atoms with Crippen molar-refractivity contribution < 1.29 is 14.7 Å². The van der Waals surface area contributed by atoms with Crippen molar-refractivity contribution in [2.75, 3.05) is 19.6 Å². The number of likely N-dealkylation sites (tertiary alicyclic amines) is 1. The molecule has 1 aromatic heterocycles. The second kappa shape index (κ2) is 6.06. The van der Waals surface area contributed by atoms with Gasteiger partial charge in [0.2, 0.25) is 0 Å². The molecule has 0 unspecified atom stereocenters. The molecule has 0 radical (unpaired) electrons. The molecule has 0 aliphatic carbocycles. The van der Waals surface area contributed by atoms with Crippen molar-refractivity contribution in [3.63, 3.8) is 0 Å². The van der Waals surface area contributed by atoms with Gasteiger partial charge < -0.3 is 15.3 Å². The summed E-state index contributed by atoms with van der Waals surface area (Å²) in [6.45, 7) is 3.28. The van der Waals surface area contributed by atoms with Gasteiger partial charge in [0.15, 0.2) is 0 Å².